The fourth-order valence-corrected chi connectivity index (χ4v) is 2.71. The number of rotatable bonds is 4. The standard InChI is InChI=1S/C13H12Br2N2OS/c1-18-7-10-12(15)13(19)17-11(16-10)6-8-3-2-4-9(14)5-8/h2-5H,6-7H2,1H3,(H,16,17,19). The minimum absolute atomic E-state index is 0.470. The van der Waals surface area contributed by atoms with Gasteiger partial charge in [-0.25, -0.2) is 4.98 Å². The topological polar surface area (TPSA) is 37.9 Å². The van der Waals surface area contributed by atoms with Crippen molar-refractivity contribution in [2.24, 2.45) is 0 Å². The van der Waals surface area contributed by atoms with Gasteiger partial charge < -0.3 is 9.72 Å². The third-order valence-corrected chi connectivity index (χ3v) is 4.44. The Morgan fingerprint density at radius 2 is 2.16 bits per heavy atom. The van der Waals surface area contributed by atoms with E-state index in [-0.39, 0.29) is 0 Å². The molecule has 1 N–H and O–H groups in total. The maximum atomic E-state index is 5.24. The highest BCUT2D eigenvalue weighted by Gasteiger charge is 2.07. The summed E-state index contributed by atoms with van der Waals surface area (Å²) in [6.07, 6.45) is 0.701. The highest BCUT2D eigenvalue weighted by Crippen LogP contribution is 2.19. The van der Waals surface area contributed by atoms with Gasteiger partial charge >= 0.3 is 0 Å². The molecule has 0 unspecified atom stereocenters. The van der Waals surface area contributed by atoms with Crippen molar-refractivity contribution in [3.63, 3.8) is 0 Å². The molecule has 0 saturated heterocycles. The fourth-order valence-electron chi connectivity index (χ4n) is 1.73. The number of methoxy groups -OCH3 is 1. The number of aromatic amines is 1. The summed E-state index contributed by atoms with van der Waals surface area (Å²) in [6, 6.07) is 8.12. The first-order chi connectivity index (χ1) is 9.10. The molecule has 1 aromatic heterocycles. The zero-order valence-electron chi connectivity index (χ0n) is 10.2. The van der Waals surface area contributed by atoms with E-state index in [1.165, 1.54) is 5.56 Å². The zero-order valence-corrected chi connectivity index (χ0v) is 14.2. The van der Waals surface area contributed by atoms with Crippen LogP contribution in [0.4, 0.5) is 0 Å². The largest absolute Gasteiger partial charge is 0.378 e. The Hall–Kier alpha value is -0.560. The quantitative estimate of drug-likeness (QED) is 0.768. The van der Waals surface area contributed by atoms with Crippen LogP contribution < -0.4 is 0 Å². The van der Waals surface area contributed by atoms with E-state index >= 15 is 0 Å². The summed E-state index contributed by atoms with van der Waals surface area (Å²) in [5.74, 6) is 0.832. The van der Waals surface area contributed by atoms with E-state index < -0.39 is 0 Å². The van der Waals surface area contributed by atoms with Crippen LogP contribution in [0, 0.1) is 4.64 Å². The lowest BCUT2D eigenvalue weighted by atomic mass is 10.1. The van der Waals surface area contributed by atoms with Crippen molar-refractivity contribution in [1.29, 1.82) is 0 Å². The predicted octanol–water partition coefficient (Wildman–Crippen LogP) is 4.40. The monoisotopic (exact) mass is 402 g/mol. The molecule has 0 aliphatic rings. The van der Waals surface area contributed by atoms with Crippen molar-refractivity contribution in [3.8, 4) is 0 Å². The van der Waals surface area contributed by atoms with Crippen LogP contribution in [-0.2, 0) is 17.8 Å². The maximum absolute atomic E-state index is 5.24. The zero-order chi connectivity index (χ0) is 13.8. The van der Waals surface area contributed by atoms with Crippen LogP contribution in [0.1, 0.15) is 17.1 Å². The van der Waals surface area contributed by atoms with Gasteiger partial charge in [0.15, 0.2) is 0 Å². The maximum Gasteiger partial charge on any atom is 0.144 e. The number of H-pyrrole nitrogens is 1. The van der Waals surface area contributed by atoms with Gasteiger partial charge in [-0.3, -0.25) is 0 Å². The molecule has 19 heavy (non-hydrogen) atoms. The van der Waals surface area contributed by atoms with Gasteiger partial charge in [-0.2, -0.15) is 0 Å². The molecule has 3 nitrogen and oxygen atoms in total. The normalized spacial score (nSPS) is 10.7. The molecule has 0 aliphatic carbocycles. The summed E-state index contributed by atoms with van der Waals surface area (Å²) in [4.78, 5) is 7.64. The average molecular weight is 404 g/mol. The van der Waals surface area contributed by atoms with Crippen molar-refractivity contribution >= 4 is 44.1 Å². The van der Waals surface area contributed by atoms with Crippen molar-refractivity contribution in [2.45, 2.75) is 13.0 Å². The molecule has 0 radical (unpaired) electrons. The number of hydrogen-bond donors (Lipinski definition) is 1. The second-order valence-electron chi connectivity index (χ2n) is 4.02. The summed E-state index contributed by atoms with van der Waals surface area (Å²) in [5, 5.41) is 0. The second kappa shape index (κ2) is 6.74. The Morgan fingerprint density at radius 3 is 2.84 bits per heavy atom. The van der Waals surface area contributed by atoms with Crippen LogP contribution in [0.2, 0.25) is 0 Å². The summed E-state index contributed by atoms with van der Waals surface area (Å²) in [5.41, 5.74) is 2.07. The molecule has 1 heterocycles. The van der Waals surface area contributed by atoms with Gasteiger partial charge in [0, 0.05) is 18.0 Å². The Bertz CT molecular complexity index is 643. The number of hydrogen-bond acceptors (Lipinski definition) is 3. The SMILES string of the molecule is COCc1[nH]c(Cc2cccc(Br)c2)nc(=S)c1Br. The van der Waals surface area contributed by atoms with Crippen LogP contribution in [-0.4, -0.2) is 17.1 Å². The van der Waals surface area contributed by atoms with Crippen LogP contribution in [0.25, 0.3) is 0 Å². The molecule has 0 bridgehead atoms. The van der Waals surface area contributed by atoms with E-state index in [0.29, 0.717) is 17.7 Å². The van der Waals surface area contributed by atoms with E-state index in [4.69, 9.17) is 17.0 Å². The van der Waals surface area contributed by atoms with Gasteiger partial charge in [-0.05, 0) is 33.6 Å². The number of aromatic nitrogens is 2. The number of nitrogens with zero attached hydrogens (tertiary/aromatic N) is 1. The smallest absolute Gasteiger partial charge is 0.144 e. The minimum Gasteiger partial charge on any atom is -0.378 e. The van der Waals surface area contributed by atoms with E-state index in [2.05, 4.69) is 54.0 Å². The van der Waals surface area contributed by atoms with Crippen LogP contribution in [0.3, 0.4) is 0 Å². The van der Waals surface area contributed by atoms with Crippen LogP contribution in [0.5, 0.6) is 0 Å². The van der Waals surface area contributed by atoms with Crippen molar-refractivity contribution in [1.82, 2.24) is 9.97 Å². The molecule has 0 amide bonds. The molecule has 0 atom stereocenters. The average Bonchev–Trinajstić information content (AvgIpc) is 2.35. The van der Waals surface area contributed by atoms with E-state index in [1.54, 1.807) is 7.11 Å². The van der Waals surface area contributed by atoms with Gasteiger partial charge in [0.25, 0.3) is 0 Å². The molecule has 0 aliphatic heterocycles. The lowest BCUT2D eigenvalue weighted by Gasteiger charge is -2.08. The first kappa shape index (κ1) is 14.8. The lowest BCUT2D eigenvalue weighted by molar-refractivity contribution is 0.180. The number of ether oxygens (including phenoxy) is 1. The van der Waals surface area contributed by atoms with Gasteiger partial charge in [0.1, 0.15) is 10.5 Å². The molecular weight excluding hydrogens is 392 g/mol. The lowest BCUT2D eigenvalue weighted by Crippen LogP contribution is -2.03. The van der Waals surface area contributed by atoms with E-state index in [0.717, 1.165) is 20.5 Å². The van der Waals surface area contributed by atoms with Crippen molar-refractivity contribution < 1.29 is 4.74 Å². The summed E-state index contributed by atoms with van der Waals surface area (Å²) >= 11 is 12.1. The Morgan fingerprint density at radius 1 is 1.37 bits per heavy atom. The third kappa shape index (κ3) is 3.95. The first-order valence-corrected chi connectivity index (χ1v) is 7.60. The highest BCUT2D eigenvalue weighted by molar-refractivity contribution is 9.10. The summed E-state index contributed by atoms with van der Waals surface area (Å²) < 4.78 is 7.54. The Labute approximate surface area is 133 Å². The summed E-state index contributed by atoms with van der Waals surface area (Å²) in [7, 11) is 1.65. The molecule has 100 valence electrons. The molecule has 0 fully saturated rings. The van der Waals surface area contributed by atoms with Crippen molar-refractivity contribution in [2.75, 3.05) is 7.11 Å². The number of nitrogens with one attached hydrogen (secondary N) is 1. The fraction of sp³-hybridized carbons (Fsp3) is 0.231. The molecule has 0 saturated carbocycles. The molecule has 6 heteroatoms. The molecule has 2 rings (SSSR count). The van der Waals surface area contributed by atoms with E-state index in [1.807, 2.05) is 12.1 Å². The van der Waals surface area contributed by atoms with Crippen LogP contribution >= 0.6 is 44.1 Å². The second-order valence-corrected chi connectivity index (χ2v) is 6.12. The number of halogens is 2. The predicted molar refractivity (Wildman–Crippen MR) is 84.8 cm³/mol. The van der Waals surface area contributed by atoms with Crippen molar-refractivity contribution in [3.05, 3.63) is 54.9 Å². The minimum atomic E-state index is 0.470. The number of benzene rings is 1. The Kier molecular flexibility index (Phi) is 5.27. The van der Waals surface area contributed by atoms with Gasteiger partial charge in [0.05, 0.1) is 16.8 Å². The first-order valence-electron chi connectivity index (χ1n) is 5.61. The van der Waals surface area contributed by atoms with Gasteiger partial charge in [0.2, 0.25) is 0 Å². The molecule has 0 spiro atoms. The Balaban J connectivity index is 2.33. The van der Waals surface area contributed by atoms with Gasteiger partial charge in [-0.15, -0.1) is 0 Å². The highest BCUT2D eigenvalue weighted by atomic mass is 79.9. The summed E-state index contributed by atoms with van der Waals surface area (Å²) in [6.45, 7) is 0.470. The molecule has 2 aromatic rings. The molecular formula is C13H12Br2N2OS. The van der Waals surface area contributed by atoms with Gasteiger partial charge in [-0.1, -0.05) is 40.3 Å². The van der Waals surface area contributed by atoms with E-state index in [9.17, 15) is 0 Å². The van der Waals surface area contributed by atoms with Crippen LogP contribution in [0.15, 0.2) is 33.2 Å². The molecule has 1 aromatic carbocycles. The third-order valence-electron chi connectivity index (χ3n) is 2.53.